The molecule has 154 valence electrons. The van der Waals surface area contributed by atoms with E-state index < -0.39 is 17.7 Å². The van der Waals surface area contributed by atoms with Gasteiger partial charge in [-0.25, -0.2) is 0 Å². The molecule has 8 heteroatoms. The van der Waals surface area contributed by atoms with Crippen molar-refractivity contribution in [2.24, 2.45) is 0 Å². The number of para-hydroxylation sites is 1. The molecule has 1 aromatic heterocycles. The number of hydrogen-bond acceptors (Lipinski definition) is 4. The van der Waals surface area contributed by atoms with Gasteiger partial charge in [0.2, 0.25) is 0 Å². The second kappa shape index (κ2) is 9.92. The predicted octanol–water partition coefficient (Wildman–Crippen LogP) is 2.07. The highest BCUT2D eigenvalue weighted by atomic mass is 16.5. The SMILES string of the molecule is CCOc1ccc(C(=O)NCC(=O)NNC(=O)c2ccccc2-n2cccc2)cc1. The summed E-state index contributed by atoms with van der Waals surface area (Å²) in [6.45, 7) is 2.12. The number of ether oxygens (including phenoxy) is 1. The van der Waals surface area contributed by atoms with E-state index in [9.17, 15) is 14.4 Å². The van der Waals surface area contributed by atoms with Crippen LogP contribution in [0.15, 0.2) is 73.1 Å². The number of carbonyl (C=O) groups excluding carboxylic acids is 3. The Bertz CT molecular complexity index is 1010. The highest BCUT2D eigenvalue weighted by Crippen LogP contribution is 2.14. The third-order valence-electron chi connectivity index (χ3n) is 4.18. The summed E-state index contributed by atoms with van der Waals surface area (Å²) >= 11 is 0. The van der Waals surface area contributed by atoms with E-state index in [1.54, 1.807) is 47.0 Å². The molecule has 3 amide bonds. The lowest BCUT2D eigenvalue weighted by Crippen LogP contribution is -2.46. The van der Waals surface area contributed by atoms with E-state index in [1.165, 1.54) is 0 Å². The Kier molecular flexibility index (Phi) is 6.83. The fraction of sp³-hybridized carbons (Fsp3) is 0.136. The van der Waals surface area contributed by atoms with Gasteiger partial charge in [0.05, 0.1) is 24.4 Å². The van der Waals surface area contributed by atoms with Gasteiger partial charge in [-0.05, 0) is 55.5 Å². The molecule has 3 rings (SSSR count). The van der Waals surface area contributed by atoms with Crippen molar-refractivity contribution >= 4 is 17.7 Å². The third kappa shape index (κ3) is 5.26. The van der Waals surface area contributed by atoms with Crippen LogP contribution in [-0.2, 0) is 4.79 Å². The number of carbonyl (C=O) groups is 3. The zero-order chi connectivity index (χ0) is 21.3. The van der Waals surface area contributed by atoms with E-state index in [4.69, 9.17) is 4.74 Å². The summed E-state index contributed by atoms with van der Waals surface area (Å²) in [4.78, 5) is 36.6. The first-order valence-electron chi connectivity index (χ1n) is 9.41. The van der Waals surface area contributed by atoms with Gasteiger partial charge in [0.25, 0.3) is 17.7 Å². The Labute approximate surface area is 173 Å². The highest BCUT2D eigenvalue weighted by molar-refractivity contribution is 5.99. The van der Waals surface area contributed by atoms with E-state index >= 15 is 0 Å². The first-order chi connectivity index (χ1) is 14.6. The molecule has 0 atom stereocenters. The van der Waals surface area contributed by atoms with Crippen LogP contribution in [0.5, 0.6) is 5.75 Å². The van der Waals surface area contributed by atoms with Gasteiger partial charge in [0.1, 0.15) is 5.75 Å². The van der Waals surface area contributed by atoms with Crippen LogP contribution in [-0.4, -0.2) is 35.4 Å². The van der Waals surface area contributed by atoms with Gasteiger partial charge in [-0.3, -0.25) is 25.2 Å². The molecule has 0 saturated heterocycles. The summed E-state index contributed by atoms with van der Waals surface area (Å²) in [5.41, 5.74) is 6.14. The van der Waals surface area contributed by atoms with Gasteiger partial charge >= 0.3 is 0 Å². The number of hydrazine groups is 1. The Morgan fingerprint density at radius 1 is 0.867 bits per heavy atom. The van der Waals surface area contributed by atoms with Crippen LogP contribution in [0.4, 0.5) is 0 Å². The highest BCUT2D eigenvalue weighted by Gasteiger charge is 2.13. The molecule has 3 N–H and O–H groups in total. The average molecular weight is 406 g/mol. The van der Waals surface area contributed by atoms with Crippen LogP contribution in [0.1, 0.15) is 27.6 Å². The van der Waals surface area contributed by atoms with Gasteiger partial charge in [0, 0.05) is 18.0 Å². The van der Waals surface area contributed by atoms with Crippen LogP contribution >= 0.6 is 0 Å². The predicted molar refractivity (Wildman–Crippen MR) is 111 cm³/mol. The lowest BCUT2D eigenvalue weighted by atomic mass is 10.1. The van der Waals surface area contributed by atoms with Gasteiger partial charge in [-0.2, -0.15) is 0 Å². The maximum atomic E-state index is 12.5. The van der Waals surface area contributed by atoms with Gasteiger partial charge in [-0.1, -0.05) is 12.1 Å². The summed E-state index contributed by atoms with van der Waals surface area (Å²) in [5, 5.41) is 2.50. The first kappa shape index (κ1) is 20.7. The van der Waals surface area contributed by atoms with Crippen LogP contribution in [0.3, 0.4) is 0 Å². The quantitative estimate of drug-likeness (QED) is 0.523. The third-order valence-corrected chi connectivity index (χ3v) is 4.18. The zero-order valence-corrected chi connectivity index (χ0v) is 16.4. The molecule has 0 aliphatic carbocycles. The first-order valence-corrected chi connectivity index (χ1v) is 9.41. The van der Waals surface area contributed by atoms with Crippen molar-refractivity contribution in [2.75, 3.05) is 13.2 Å². The molecule has 3 aromatic rings. The second-order valence-corrected chi connectivity index (χ2v) is 6.25. The molecule has 0 saturated carbocycles. The molecule has 0 radical (unpaired) electrons. The minimum atomic E-state index is -0.555. The lowest BCUT2D eigenvalue weighted by Gasteiger charge is -2.12. The molecule has 0 aliphatic rings. The fourth-order valence-electron chi connectivity index (χ4n) is 2.76. The number of aromatic nitrogens is 1. The topological polar surface area (TPSA) is 101 Å². The average Bonchev–Trinajstić information content (AvgIpc) is 3.31. The Hall–Kier alpha value is -4.07. The molecule has 2 aromatic carbocycles. The number of benzene rings is 2. The van der Waals surface area contributed by atoms with Crippen molar-refractivity contribution in [1.29, 1.82) is 0 Å². The molecule has 1 heterocycles. The number of nitrogens with zero attached hydrogens (tertiary/aromatic N) is 1. The monoisotopic (exact) mass is 406 g/mol. The second-order valence-electron chi connectivity index (χ2n) is 6.25. The minimum absolute atomic E-state index is 0.286. The summed E-state index contributed by atoms with van der Waals surface area (Å²) in [6.07, 6.45) is 3.64. The molecule has 0 unspecified atom stereocenters. The molecular formula is C22H22N4O4. The largest absolute Gasteiger partial charge is 0.494 e. The molecule has 0 bridgehead atoms. The smallest absolute Gasteiger partial charge is 0.271 e. The van der Waals surface area contributed by atoms with Gasteiger partial charge in [0.15, 0.2) is 0 Å². The van der Waals surface area contributed by atoms with Crippen LogP contribution in [0.2, 0.25) is 0 Å². The molecule has 30 heavy (non-hydrogen) atoms. The summed E-state index contributed by atoms with van der Waals surface area (Å²) in [6, 6.07) is 17.3. The fourth-order valence-corrected chi connectivity index (χ4v) is 2.76. The Morgan fingerprint density at radius 3 is 2.27 bits per heavy atom. The zero-order valence-electron chi connectivity index (χ0n) is 16.4. The number of hydrogen-bond donors (Lipinski definition) is 3. The summed E-state index contributed by atoms with van der Waals surface area (Å²) in [7, 11) is 0. The van der Waals surface area contributed by atoms with Crippen molar-refractivity contribution < 1.29 is 19.1 Å². The standard InChI is InChI=1S/C22H22N4O4/c1-2-30-17-11-9-16(10-12-17)21(28)23-15-20(27)24-25-22(29)18-7-3-4-8-19(18)26-13-5-6-14-26/h3-14H,2,15H2,1H3,(H,23,28)(H,24,27)(H,25,29). The normalized spacial score (nSPS) is 10.2. The Balaban J connectivity index is 1.50. The molecule has 0 fully saturated rings. The van der Waals surface area contributed by atoms with Crippen molar-refractivity contribution in [2.45, 2.75) is 6.92 Å². The maximum absolute atomic E-state index is 12.5. The maximum Gasteiger partial charge on any atom is 0.271 e. The van der Waals surface area contributed by atoms with Crippen LogP contribution < -0.4 is 20.9 Å². The Morgan fingerprint density at radius 2 is 1.57 bits per heavy atom. The van der Waals surface area contributed by atoms with Crippen molar-refractivity contribution in [1.82, 2.24) is 20.7 Å². The molecule has 0 aliphatic heterocycles. The van der Waals surface area contributed by atoms with Crippen molar-refractivity contribution in [3.05, 3.63) is 84.2 Å². The van der Waals surface area contributed by atoms with Gasteiger partial charge < -0.3 is 14.6 Å². The molecule has 0 spiro atoms. The van der Waals surface area contributed by atoms with E-state index in [2.05, 4.69) is 16.2 Å². The number of rotatable bonds is 7. The van der Waals surface area contributed by atoms with Gasteiger partial charge in [-0.15, -0.1) is 0 Å². The van der Waals surface area contributed by atoms with E-state index in [1.807, 2.05) is 37.5 Å². The van der Waals surface area contributed by atoms with E-state index in [0.717, 1.165) is 0 Å². The summed E-state index contributed by atoms with van der Waals surface area (Å²) < 4.78 is 7.12. The van der Waals surface area contributed by atoms with Crippen LogP contribution in [0, 0.1) is 0 Å². The van der Waals surface area contributed by atoms with E-state index in [0.29, 0.717) is 29.2 Å². The molecule has 8 nitrogen and oxygen atoms in total. The number of nitrogens with one attached hydrogen (secondary N) is 3. The lowest BCUT2D eigenvalue weighted by molar-refractivity contribution is -0.120. The van der Waals surface area contributed by atoms with E-state index in [-0.39, 0.29) is 6.54 Å². The summed E-state index contributed by atoms with van der Waals surface area (Å²) in [5.74, 6) is -0.765. The van der Waals surface area contributed by atoms with Crippen LogP contribution in [0.25, 0.3) is 5.69 Å². The molecular weight excluding hydrogens is 384 g/mol. The number of amides is 3. The minimum Gasteiger partial charge on any atom is -0.494 e. The van der Waals surface area contributed by atoms with Crippen molar-refractivity contribution in [3.63, 3.8) is 0 Å². The van der Waals surface area contributed by atoms with Crippen molar-refractivity contribution in [3.8, 4) is 11.4 Å².